The average molecular weight is 424 g/mol. The standard InChI is InChI=1S/C19H21N3O4S.ClH/c1-3-15-11-16(13(2)22-19(15)23)17-6-7-18(26-17)27(24,25)21-10-8-14-5-4-9-20-12-14;/h4-7,9,11-12,21H,3,8,10H2,1-2H3,(H,22,23);1H. The fourth-order valence-corrected chi connectivity index (χ4v) is 3.70. The minimum Gasteiger partial charge on any atom is -0.443 e. The van der Waals surface area contributed by atoms with Gasteiger partial charge in [-0.15, -0.1) is 12.4 Å². The van der Waals surface area contributed by atoms with Crippen LogP contribution in [0.3, 0.4) is 0 Å². The lowest BCUT2D eigenvalue weighted by molar-refractivity contribution is 0.456. The number of sulfonamides is 1. The lowest BCUT2D eigenvalue weighted by Crippen LogP contribution is -2.25. The van der Waals surface area contributed by atoms with Crippen LogP contribution in [0, 0.1) is 6.92 Å². The van der Waals surface area contributed by atoms with Crippen LogP contribution in [0.15, 0.2) is 57.0 Å². The molecule has 0 fully saturated rings. The zero-order chi connectivity index (χ0) is 19.4. The number of aromatic amines is 1. The van der Waals surface area contributed by atoms with E-state index in [0.29, 0.717) is 35.4 Å². The van der Waals surface area contributed by atoms with E-state index in [-0.39, 0.29) is 29.6 Å². The van der Waals surface area contributed by atoms with Gasteiger partial charge in [0.05, 0.1) is 0 Å². The zero-order valence-electron chi connectivity index (χ0n) is 15.6. The molecule has 3 aromatic heterocycles. The van der Waals surface area contributed by atoms with Gasteiger partial charge >= 0.3 is 0 Å². The number of pyridine rings is 2. The van der Waals surface area contributed by atoms with Crippen molar-refractivity contribution in [3.8, 4) is 11.3 Å². The Hall–Kier alpha value is -2.42. The summed E-state index contributed by atoms with van der Waals surface area (Å²) in [5.41, 5.74) is 2.71. The third-order valence-corrected chi connectivity index (χ3v) is 5.57. The van der Waals surface area contributed by atoms with E-state index in [2.05, 4.69) is 14.7 Å². The Morgan fingerprint density at radius 3 is 2.71 bits per heavy atom. The second kappa shape index (κ2) is 9.18. The van der Waals surface area contributed by atoms with Crippen LogP contribution in [0.4, 0.5) is 0 Å². The van der Waals surface area contributed by atoms with Gasteiger partial charge in [-0.3, -0.25) is 9.78 Å². The summed E-state index contributed by atoms with van der Waals surface area (Å²) in [6.07, 6.45) is 4.47. The van der Waals surface area contributed by atoms with Crippen molar-refractivity contribution in [2.75, 3.05) is 6.54 Å². The summed E-state index contributed by atoms with van der Waals surface area (Å²) < 4.78 is 33.0. The molecule has 9 heteroatoms. The third-order valence-electron chi connectivity index (χ3n) is 4.24. The minimum atomic E-state index is -3.76. The molecule has 0 saturated heterocycles. The van der Waals surface area contributed by atoms with E-state index in [0.717, 1.165) is 5.56 Å². The average Bonchev–Trinajstić information content (AvgIpc) is 3.13. The molecule has 0 saturated carbocycles. The Morgan fingerprint density at radius 1 is 1.25 bits per heavy atom. The number of aromatic nitrogens is 2. The van der Waals surface area contributed by atoms with E-state index < -0.39 is 10.0 Å². The van der Waals surface area contributed by atoms with Crippen molar-refractivity contribution < 1.29 is 12.8 Å². The van der Waals surface area contributed by atoms with E-state index in [4.69, 9.17) is 4.42 Å². The maximum atomic E-state index is 12.5. The predicted octanol–water partition coefficient (Wildman–Crippen LogP) is 2.84. The summed E-state index contributed by atoms with van der Waals surface area (Å²) in [6, 6.07) is 8.43. The van der Waals surface area contributed by atoms with E-state index in [1.165, 1.54) is 6.07 Å². The van der Waals surface area contributed by atoms with E-state index >= 15 is 0 Å². The fourth-order valence-electron chi connectivity index (χ4n) is 2.74. The van der Waals surface area contributed by atoms with Crippen LogP contribution in [0.1, 0.15) is 23.7 Å². The molecule has 2 N–H and O–H groups in total. The van der Waals surface area contributed by atoms with Gasteiger partial charge in [0.15, 0.2) is 0 Å². The number of nitrogens with zero attached hydrogens (tertiary/aromatic N) is 1. The zero-order valence-corrected chi connectivity index (χ0v) is 17.2. The van der Waals surface area contributed by atoms with Crippen molar-refractivity contribution in [1.82, 2.24) is 14.7 Å². The first-order valence-electron chi connectivity index (χ1n) is 8.62. The van der Waals surface area contributed by atoms with Crippen LogP contribution in [-0.4, -0.2) is 24.9 Å². The quantitative estimate of drug-likeness (QED) is 0.607. The van der Waals surface area contributed by atoms with Crippen molar-refractivity contribution in [1.29, 1.82) is 0 Å². The molecule has 28 heavy (non-hydrogen) atoms. The van der Waals surface area contributed by atoms with Crippen molar-refractivity contribution in [2.45, 2.75) is 31.8 Å². The van der Waals surface area contributed by atoms with Crippen LogP contribution in [0.5, 0.6) is 0 Å². The monoisotopic (exact) mass is 423 g/mol. The first-order chi connectivity index (χ1) is 12.9. The van der Waals surface area contributed by atoms with Gasteiger partial charge in [-0.1, -0.05) is 13.0 Å². The van der Waals surface area contributed by atoms with Gasteiger partial charge in [-0.05, 0) is 49.6 Å². The lowest BCUT2D eigenvalue weighted by Gasteiger charge is -2.06. The summed E-state index contributed by atoms with van der Waals surface area (Å²) in [6.45, 7) is 3.87. The molecule has 0 amide bonds. The molecule has 7 nitrogen and oxygen atoms in total. The number of halogens is 1. The highest BCUT2D eigenvalue weighted by atomic mass is 35.5. The maximum Gasteiger partial charge on any atom is 0.273 e. The molecule has 0 aliphatic rings. The normalized spacial score (nSPS) is 11.2. The molecule has 3 rings (SSSR count). The van der Waals surface area contributed by atoms with E-state index in [1.54, 1.807) is 37.5 Å². The minimum absolute atomic E-state index is 0. The Labute approximate surface area is 169 Å². The highest BCUT2D eigenvalue weighted by molar-refractivity contribution is 7.89. The van der Waals surface area contributed by atoms with Gasteiger partial charge in [0.25, 0.3) is 15.6 Å². The Balaban J connectivity index is 0.00000280. The molecular formula is C19H22ClN3O4S. The summed E-state index contributed by atoms with van der Waals surface area (Å²) in [4.78, 5) is 18.6. The molecular weight excluding hydrogens is 402 g/mol. The van der Waals surface area contributed by atoms with Crippen LogP contribution in [0.2, 0.25) is 0 Å². The van der Waals surface area contributed by atoms with Gasteiger partial charge in [0.2, 0.25) is 5.09 Å². The van der Waals surface area contributed by atoms with Crippen molar-refractivity contribution in [3.63, 3.8) is 0 Å². The highest BCUT2D eigenvalue weighted by Gasteiger charge is 2.20. The second-order valence-electron chi connectivity index (χ2n) is 6.14. The summed E-state index contributed by atoms with van der Waals surface area (Å²) in [5, 5.41) is -0.160. The lowest BCUT2D eigenvalue weighted by atomic mass is 10.1. The van der Waals surface area contributed by atoms with Crippen LogP contribution in [-0.2, 0) is 22.9 Å². The van der Waals surface area contributed by atoms with Crippen LogP contribution >= 0.6 is 12.4 Å². The second-order valence-corrected chi connectivity index (χ2v) is 7.84. The van der Waals surface area contributed by atoms with Crippen LogP contribution in [0.25, 0.3) is 11.3 Å². The van der Waals surface area contributed by atoms with Gasteiger partial charge in [-0.25, -0.2) is 13.1 Å². The van der Waals surface area contributed by atoms with E-state index in [9.17, 15) is 13.2 Å². The maximum absolute atomic E-state index is 12.5. The molecule has 150 valence electrons. The van der Waals surface area contributed by atoms with Crippen molar-refractivity contribution in [3.05, 3.63) is 69.9 Å². The van der Waals surface area contributed by atoms with Gasteiger partial charge in [0, 0.05) is 35.8 Å². The van der Waals surface area contributed by atoms with Gasteiger partial charge in [-0.2, -0.15) is 0 Å². The van der Waals surface area contributed by atoms with Gasteiger partial charge in [0.1, 0.15) is 5.76 Å². The molecule has 0 spiro atoms. The summed E-state index contributed by atoms with van der Waals surface area (Å²) >= 11 is 0. The van der Waals surface area contributed by atoms with Crippen molar-refractivity contribution >= 4 is 22.4 Å². The number of hydrogen-bond donors (Lipinski definition) is 2. The largest absolute Gasteiger partial charge is 0.443 e. The number of hydrogen-bond acceptors (Lipinski definition) is 5. The topological polar surface area (TPSA) is 105 Å². The molecule has 3 aromatic rings. The molecule has 0 aromatic carbocycles. The van der Waals surface area contributed by atoms with Gasteiger partial charge < -0.3 is 9.40 Å². The highest BCUT2D eigenvalue weighted by Crippen LogP contribution is 2.26. The molecule has 0 atom stereocenters. The molecule has 0 unspecified atom stereocenters. The Bertz CT molecular complexity index is 1090. The fraction of sp³-hybridized carbons (Fsp3) is 0.263. The molecule has 0 aliphatic heterocycles. The molecule has 3 heterocycles. The molecule has 0 bridgehead atoms. The van der Waals surface area contributed by atoms with E-state index in [1.807, 2.05) is 13.0 Å². The van der Waals surface area contributed by atoms with Crippen LogP contribution < -0.4 is 10.3 Å². The Kier molecular flexibility index (Phi) is 7.17. The van der Waals surface area contributed by atoms with Crippen molar-refractivity contribution in [2.24, 2.45) is 0 Å². The smallest absolute Gasteiger partial charge is 0.273 e. The molecule has 0 aliphatic carbocycles. The number of H-pyrrole nitrogens is 1. The SMILES string of the molecule is CCc1cc(-c2ccc(S(=O)(=O)NCCc3cccnc3)o2)c(C)[nH]c1=O.Cl. The summed E-state index contributed by atoms with van der Waals surface area (Å²) in [7, 11) is -3.76. The summed E-state index contributed by atoms with van der Waals surface area (Å²) in [5.74, 6) is 0.395. The third kappa shape index (κ3) is 4.89. The number of aryl methyl sites for hydroxylation is 2. The number of rotatable bonds is 7. The first kappa shape index (κ1) is 21.9. The number of furan rings is 1. The first-order valence-corrected chi connectivity index (χ1v) is 10.1. The number of nitrogens with one attached hydrogen (secondary N) is 2. The molecule has 0 radical (unpaired) electrons. The Morgan fingerprint density at radius 2 is 2.04 bits per heavy atom. The predicted molar refractivity (Wildman–Crippen MR) is 109 cm³/mol.